The van der Waals surface area contributed by atoms with E-state index in [1.165, 1.54) is 6.07 Å². The molecule has 1 N–H and O–H groups in total. The number of para-hydroxylation sites is 1. The van der Waals surface area contributed by atoms with Crippen LogP contribution in [0, 0.1) is 5.82 Å². The van der Waals surface area contributed by atoms with Crippen molar-refractivity contribution in [3.63, 3.8) is 0 Å². The molecular formula is C21H27FN2O3S2. The number of hydrogen-bond acceptors (Lipinski definition) is 4. The Balaban J connectivity index is 1.81. The van der Waals surface area contributed by atoms with E-state index < -0.39 is 10.0 Å². The Morgan fingerprint density at radius 3 is 2.41 bits per heavy atom. The van der Waals surface area contributed by atoms with E-state index in [0.29, 0.717) is 30.0 Å². The number of anilines is 1. The zero-order valence-corrected chi connectivity index (χ0v) is 18.4. The van der Waals surface area contributed by atoms with E-state index in [-0.39, 0.29) is 18.3 Å². The minimum Gasteiger partial charge on any atom is -0.354 e. The SMILES string of the molecule is CCc1ccccc1N(CC(=O)NCCCSCc1ccccc1F)S(C)(=O)=O. The molecule has 0 aliphatic rings. The number of nitrogens with one attached hydrogen (secondary N) is 1. The highest BCUT2D eigenvalue weighted by molar-refractivity contribution is 7.98. The van der Waals surface area contributed by atoms with E-state index in [2.05, 4.69) is 5.32 Å². The summed E-state index contributed by atoms with van der Waals surface area (Å²) < 4.78 is 39.2. The van der Waals surface area contributed by atoms with E-state index in [0.717, 1.165) is 28.3 Å². The maximum atomic E-state index is 13.6. The molecule has 2 rings (SSSR count). The Morgan fingerprint density at radius 2 is 1.76 bits per heavy atom. The second-order valence-electron chi connectivity index (χ2n) is 6.60. The minimum absolute atomic E-state index is 0.207. The summed E-state index contributed by atoms with van der Waals surface area (Å²) in [6.45, 7) is 2.13. The molecular weight excluding hydrogens is 411 g/mol. The van der Waals surface area contributed by atoms with Crippen molar-refractivity contribution in [2.75, 3.05) is 29.4 Å². The topological polar surface area (TPSA) is 66.5 Å². The van der Waals surface area contributed by atoms with Crippen LogP contribution >= 0.6 is 11.8 Å². The van der Waals surface area contributed by atoms with Gasteiger partial charge in [0.2, 0.25) is 15.9 Å². The van der Waals surface area contributed by atoms with Gasteiger partial charge in [-0.1, -0.05) is 43.3 Å². The van der Waals surface area contributed by atoms with Crippen molar-refractivity contribution in [1.29, 1.82) is 0 Å². The summed E-state index contributed by atoms with van der Waals surface area (Å²) in [6, 6.07) is 13.9. The first-order valence-corrected chi connectivity index (χ1v) is 12.5. The highest BCUT2D eigenvalue weighted by Crippen LogP contribution is 2.23. The third-order valence-corrected chi connectivity index (χ3v) is 6.55. The van der Waals surface area contributed by atoms with Crippen molar-refractivity contribution in [1.82, 2.24) is 5.32 Å². The Bertz CT molecular complexity index is 920. The number of carbonyl (C=O) groups excluding carboxylic acids is 1. The summed E-state index contributed by atoms with van der Waals surface area (Å²) >= 11 is 1.59. The molecule has 0 heterocycles. The zero-order chi connectivity index (χ0) is 21.3. The number of aryl methyl sites for hydroxylation is 1. The minimum atomic E-state index is -3.59. The van der Waals surface area contributed by atoms with Crippen LogP contribution in [0.15, 0.2) is 48.5 Å². The van der Waals surface area contributed by atoms with Crippen LogP contribution in [0.3, 0.4) is 0 Å². The molecule has 0 spiro atoms. The smallest absolute Gasteiger partial charge is 0.240 e. The van der Waals surface area contributed by atoms with Crippen molar-refractivity contribution in [2.24, 2.45) is 0 Å². The summed E-state index contributed by atoms with van der Waals surface area (Å²) in [6.07, 6.45) is 2.49. The molecule has 0 aromatic heterocycles. The third-order valence-electron chi connectivity index (χ3n) is 4.33. The van der Waals surface area contributed by atoms with Crippen LogP contribution in [-0.4, -0.2) is 39.4 Å². The lowest BCUT2D eigenvalue weighted by molar-refractivity contribution is -0.119. The number of sulfonamides is 1. The lowest BCUT2D eigenvalue weighted by Crippen LogP contribution is -2.41. The molecule has 2 aromatic carbocycles. The first-order chi connectivity index (χ1) is 13.8. The van der Waals surface area contributed by atoms with Crippen LogP contribution in [0.4, 0.5) is 10.1 Å². The molecule has 2 aromatic rings. The van der Waals surface area contributed by atoms with E-state index in [4.69, 9.17) is 0 Å². The van der Waals surface area contributed by atoms with Gasteiger partial charge in [0.15, 0.2) is 0 Å². The normalized spacial score (nSPS) is 11.3. The van der Waals surface area contributed by atoms with Crippen LogP contribution in [-0.2, 0) is 27.0 Å². The van der Waals surface area contributed by atoms with Crippen LogP contribution in [0.5, 0.6) is 0 Å². The van der Waals surface area contributed by atoms with Crippen molar-refractivity contribution in [3.8, 4) is 0 Å². The number of halogens is 1. The second kappa shape index (κ2) is 11.2. The largest absolute Gasteiger partial charge is 0.354 e. The van der Waals surface area contributed by atoms with Gasteiger partial charge in [0.05, 0.1) is 11.9 Å². The van der Waals surface area contributed by atoms with Gasteiger partial charge >= 0.3 is 0 Å². The van der Waals surface area contributed by atoms with Crippen LogP contribution in [0.25, 0.3) is 0 Å². The predicted octanol–water partition coefficient (Wildman–Crippen LogP) is 3.59. The third kappa shape index (κ3) is 7.36. The van der Waals surface area contributed by atoms with Crippen LogP contribution in [0.1, 0.15) is 24.5 Å². The summed E-state index contributed by atoms with van der Waals surface area (Å²) in [5.41, 5.74) is 2.07. The summed E-state index contributed by atoms with van der Waals surface area (Å²) in [5.74, 6) is 0.793. The van der Waals surface area contributed by atoms with Gasteiger partial charge in [0, 0.05) is 12.3 Å². The summed E-state index contributed by atoms with van der Waals surface area (Å²) in [4.78, 5) is 12.3. The first-order valence-electron chi connectivity index (χ1n) is 9.46. The van der Waals surface area contributed by atoms with E-state index >= 15 is 0 Å². The number of rotatable bonds is 11. The Morgan fingerprint density at radius 1 is 1.10 bits per heavy atom. The molecule has 1 amide bonds. The highest BCUT2D eigenvalue weighted by Gasteiger charge is 2.22. The molecule has 0 aliphatic heterocycles. The van der Waals surface area contributed by atoms with Crippen molar-refractivity contribution < 1.29 is 17.6 Å². The molecule has 0 unspecified atom stereocenters. The van der Waals surface area contributed by atoms with Gasteiger partial charge in [-0.05, 0) is 41.9 Å². The molecule has 0 atom stereocenters. The van der Waals surface area contributed by atoms with Gasteiger partial charge in [-0.3, -0.25) is 9.10 Å². The zero-order valence-electron chi connectivity index (χ0n) is 16.7. The van der Waals surface area contributed by atoms with Gasteiger partial charge in [-0.2, -0.15) is 11.8 Å². The second-order valence-corrected chi connectivity index (χ2v) is 9.61. The maximum absolute atomic E-state index is 13.6. The standard InChI is InChI=1S/C21H27FN2O3S2/c1-3-17-9-5-7-12-20(17)24(29(2,26)27)15-21(25)23-13-8-14-28-16-18-10-4-6-11-19(18)22/h4-7,9-12H,3,8,13-16H2,1-2H3,(H,23,25). The summed E-state index contributed by atoms with van der Waals surface area (Å²) in [7, 11) is -3.59. The van der Waals surface area contributed by atoms with E-state index in [9.17, 15) is 17.6 Å². The molecule has 8 heteroatoms. The summed E-state index contributed by atoms with van der Waals surface area (Å²) in [5, 5.41) is 2.77. The fourth-order valence-electron chi connectivity index (χ4n) is 2.82. The fourth-order valence-corrected chi connectivity index (χ4v) is 4.65. The molecule has 0 radical (unpaired) electrons. The van der Waals surface area contributed by atoms with Gasteiger partial charge in [-0.25, -0.2) is 12.8 Å². The van der Waals surface area contributed by atoms with Gasteiger partial charge < -0.3 is 5.32 Å². The number of amides is 1. The van der Waals surface area contributed by atoms with Crippen molar-refractivity contribution in [2.45, 2.75) is 25.5 Å². The number of carbonyl (C=O) groups is 1. The molecule has 0 aliphatic carbocycles. The van der Waals surface area contributed by atoms with Crippen LogP contribution < -0.4 is 9.62 Å². The molecule has 5 nitrogen and oxygen atoms in total. The van der Waals surface area contributed by atoms with E-state index in [1.807, 2.05) is 25.1 Å². The number of nitrogens with zero attached hydrogens (tertiary/aromatic N) is 1. The Hall–Kier alpha value is -2.06. The molecule has 158 valence electrons. The average Bonchev–Trinajstić information content (AvgIpc) is 2.69. The molecule has 0 fully saturated rings. The lowest BCUT2D eigenvalue weighted by atomic mass is 10.1. The highest BCUT2D eigenvalue weighted by atomic mass is 32.2. The monoisotopic (exact) mass is 438 g/mol. The lowest BCUT2D eigenvalue weighted by Gasteiger charge is -2.24. The van der Waals surface area contributed by atoms with Gasteiger partial charge in [-0.15, -0.1) is 0 Å². The Labute approximate surface area is 176 Å². The van der Waals surface area contributed by atoms with Crippen molar-refractivity contribution in [3.05, 3.63) is 65.5 Å². The predicted molar refractivity (Wildman–Crippen MR) is 118 cm³/mol. The Kier molecular flexibility index (Phi) is 8.98. The fraction of sp³-hybridized carbons (Fsp3) is 0.381. The van der Waals surface area contributed by atoms with E-state index in [1.54, 1.807) is 36.0 Å². The molecule has 0 bridgehead atoms. The molecule has 29 heavy (non-hydrogen) atoms. The molecule has 0 saturated carbocycles. The van der Waals surface area contributed by atoms with Crippen LogP contribution in [0.2, 0.25) is 0 Å². The molecule has 0 saturated heterocycles. The van der Waals surface area contributed by atoms with Gasteiger partial charge in [0.25, 0.3) is 0 Å². The number of hydrogen-bond donors (Lipinski definition) is 1. The maximum Gasteiger partial charge on any atom is 0.240 e. The number of thioether (sulfide) groups is 1. The van der Waals surface area contributed by atoms with Gasteiger partial charge in [0.1, 0.15) is 12.4 Å². The van der Waals surface area contributed by atoms with Crippen molar-refractivity contribution >= 4 is 33.4 Å². The average molecular weight is 439 g/mol. The quantitative estimate of drug-likeness (QED) is 0.545. The number of benzene rings is 2. The first kappa shape index (κ1) is 23.2.